The average Bonchev–Trinajstić information content (AvgIpc) is 1.84. The van der Waals surface area contributed by atoms with Crippen LogP contribution in [0.3, 0.4) is 0 Å². The van der Waals surface area contributed by atoms with Gasteiger partial charge in [-0.25, -0.2) is 0 Å². The first kappa shape index (κ1) is 12.0. The van der Waals surface area contributed by atoms with E-state index >= 15 is 0 Å². The summed E-state index contributed by atoms with van der Waals surface area (Å²) in [6.45, 7) is 10.0. The molecule has 3 heteroatoms. The van der Waals surface area contributed by atoms with Crippen LogP contribution in [-0.2, 0) is 11.4 Å². The predicted molar refractivity (Wildman–Crippen MR) is 55.8 cm³/mol. The maximum absolute atomic E-state index is 11.4. The molecule has 0 spiro atoms. The molecule has 0 amide bonds. The van der Waals surface area contributed by atoms with Gasteiger partial charge in [-0.2, -0.15) is 0 Å². The van der Waals surface area contributed by atoms with Crippen LogP contribution >= 0.6 is 0 Å². The van der Waals surface area contributed by atoms with Crippen molar-refractivity contribution >= 4 is 17.6 Å². The third kappa shape index (κ3) is 5.61. The minimum Gasteiger partial charge on any atom is -0.591 e. The third-order valence-corrected chi connectivity index (χ3v) is 2.66. The van der Waals surface area contributed by atoms with Gasteiger partial charge in [0.1, 0.15) is 16.1 Å². The first-order valence-electron chi connectivity index (χ1n) is 4.28. The second-order valence-corrected chi connectivity index (χ2v) is 6.21. The lowest BCUT2D eigenvalue weighted by molar-refractivity contribution is 0.561. The first-order valence-corrected chi connectivity index (χ1v) is 5.39. The predicted octanol–water partition coefficient (Wildman–Crippen LogP) is 2.57. The lowest BCUT2D eigenvalue weighted by Crippen LogP contribution is -2.25. The highest BCUT2D eigenvalue weighted by Crippen LogP contribution is 2.16. The standard InChI is InChI=1S/C9H19NOS/c1-8(2)6-7-10-12(11)9(3,4)5/h7-8H,6H2,1-5H3/b10-7+. The number of hydrogen-bond donors (Lipinski definition) is 0. The fourth-order valence-electron chi connectivity index (χ4n) is 0.480. The second-order valence-electron chi connectivity index (χ2n) is 4.28. The van der Waals surface area contributed by atoms with Gasteiger partial charge in [-0.3, -0.25) is 0 Å². The summed E-state index contributed by atoms with van der Waals surface area (Å²) >= 11 is -1.08. The van der Waals surface area contributed by atoms with E-state index in [2.05, 4.69) is 18.2 Å². The molecule has 0 fully saturated rings. The van der Waals surface area contributed by atoms with Crippen molar-refractivity contribution in [3.63, 3.8) is 0 Å². The fourth-order valence-corrected chi connectivity index (χ4v) is 1.02. The van der Waals surface area contributed by atoms with E-state index in [-0.39, 0.29) is 4.75 Å². The summed E-state index contributed by atoms with van der Waals surface area (Å²) in [6, 6.07) is 0. The van der Waals surface area contributed by atoms with Crippen molar-refractivity contribution in [1.29, 1.82) is 0 Å². The molecule has 72 valence electrons. The zero-order valence-corrected chi connectivity index (χ0v) is 9.44. The highest BCUT2D eigenvalue weighted by molar-refractivity contribution is 7.91. The minimum atomic E-state index is -1.08. The Morgan fingerprint density at radius 3 is 2.25 bits per heavy atom. The quantitative estimate of drug-likeness (QED) is 0.496. The molecule has 0 aliphatic rings. The summed E-state index contributed by atoms with van der Waals surface area (Å²) in [6.07, 6.45) is 2.67. The van der Waals surface area contributed by atoms with Gasteiger partial charge in [-0.1, -0.05) is 18.2 Å². The molecule has 0 aliphatic heterocycles. The van der Waals surface area contributed by atoms with Gasteiger partial charge >= 0.3 is 0 Å². The maximum Gasteiger partial charge on any atom is 0.144 e. The normalized spacial score (nSPS) is 15.9. The van der Waals surface area contributed by atoms with E-state index in [1.54, 1.807) is 6.21 Å². The van der Waals surface area contributed by atoms with Crippen LogP contribution in [0.1, 0.15) is 41.0 Å². The zero-order chi connectivity index (χ0) is 9.78. The molecule has 0 aromatic carbocycles. The Balaban J connectivity index is 3.84. The smallest absolute Gasteiger partial charge is 0.144 e. The van der Waals surface area contributed by atoms with Crippen LogP contribution in [0.2, 0.25) is 0 Å². The molecular weight excluding hydrogens is 170 g/mol. The molecule has 0 radical (unpaired) electrons. The summed E-state index contributed by atoms with van der Waals surface area (Å²) in [5.41, 5.74) is 0. The van der Waals surface area contributed by atoms with Crippen LogP contribution in [0.4, 0.5) is 0 Å². The molecule has 0 aromatic rings. The number of hydrogen-bond acceptors (Lipinski definition) is 2. The third-order valence-electron chi connectivity index (χ3n) is 1.27. The summed E-state index contributed by atoms with van der Waals surface area (Å²) in [4.78, 5) is 0. The molecule has 0 aliphatic carbocycles. The van der Waals surface area contributed by atoms with E-state index in [9.17, 15) is 4.55 Å². The maximum atomic E-state index is 11.4. The van der Waals surface area contributed by atoms with Crippen molar-refractivity contribution < 1.29 is 4.55 Å². The molecule has 12 heavy (non-hydrogen) atoms. The molecule has 0 saturated carbocycles. The van der Waals surface area contributed by atoms with Crippen molar-refractivity contribution in [2.45, 2.75) is 45.8 Å². The first-order chi connectivity index (χ1) is 5.34. The van der Waals surface area contributed by atoms with Crippen LogP contribution in [0.5, 0.6) is 0 Å². The van der Waals surface area contributed by atoms with E-state index in [0.717, 1.165) is 6.42 Å². The SMILES string of the molecule is CC(C)C/C=N/[S+]([O-])C(C)(C)C. The van der Waals surface area contributed by atoms with Gasteiger partial charge in [0.25, 0.3) is 0 Å². The lowest BCUT2D eigenvalue weighted by Gasteiger charge is -2.17. The van der Waals surface area contributed by atoms with Crippen LogP contribution < -0.4 is 0 Å². The Morgan fingerprint density at radius 2 is 1.92 bits per heavy atom. The van der Waals surface area contributed by atoms with Gasteiger partial charge in [0.15, 0.2) is 0 Å². The molecule has 0 N–H and O–H groups in total. The highest BCUT2D eigenvalue weighted by Gasteiger charge is 2.25. The molecule has 0 heterocycles. The van der Waals surface area contributed by atoms with E-state index in [1.165, 1.54) is 0 Å². The van der Waals surface area contributed by atoms with Gasteiger partial charge in [0, 0.05) is 0 Å². The Bertz CT molecular complexity index is 149. The second kappa shape index (κ2) is 4.87. The van der Waals surface area contributed by atoms with Crippen molar-refractivity contribution in [3.8, 4) is 0 Å². The topological polar surface area (TPSA) is 35.4 Å². The van der Waals surface area contributed by atoms with Crippen LogP contribution in [0.15, 0.2) is 4.40 Å². The van der Waals surface area contributed by atoms with Crippen molar-refractivity contribution in [3.05, 3.63) is 0 Å². The molecule has 2 nitrogen and oxygen atoms in total. The van der Waals surface area contributed by atoms with Crippen molar-refractivity contribution in [2.75, 3.05) is 0 Å². The Kier molecular flexibility index (Phi) is 4.87. The van der Waals surface area contributed by atoms with Crippen LogP contribution in [-0.4, -0.2) is 15.5 Å². The van der Waals surface area contributed by atoms with Gasteiger partial charge < -0.3 is 4.55 Å². The van der Waals surface area contributed by atoms with Crippen molar-refractivity contribution in [2.24, 2.45) is 10.3 Å². The summed E-state index contributed by atoms with van der Waals surface area (Å²) in [5.74, 6) is 0.589. The average molecular weight is 189 g/mol. The Hall–Kier alpha value is -0.0200. The minimum absolute atomic E-state index is 0.229. The van der Waals surface area contributed by atoms with Gasteiger partial charge in [-0.15, -0.1) is 0 Å². The highest BCUT2D eigenvalue weighted by atomic mass is 32.2. The van der Waals surface area contributed by atoms with E-state index in [1.807, 2.05) is 20.8 Å². The summed E-state index contributed by atoms with van der Waals surface area (Å²) in [7, 11) is 0. The van der Waals surface area contributed by atoms with Crippen LogP contribution in [0, 0.1) is 5.92 Å². The molecule has 0 bridgehead atoms. The molecule has 1 unspecified atom stereocenters. The van der Waals surface area contributed by atoms with Gasteiger partial charge in [0.2, 0.25) is 0 Å². The molecule has 0 aromatic heterocycles. The van der Waals surface area contributed by atoms with Crippen molar-refractivity contribution in [1.82, 2.24) is 0 Å². The number of nitrogens with zero attached hydrogens (tertiary/aromatic N) is 1. The zero-order valence-electron chi connectivity index (χ0n) is 8.63. The monoisotopic (exact) mass is 189 g/mol. The van der Waals surface area contributed by atoms with Crippen LogP contribution in [0.25, 0.3) is 0 Å². The Labute approximate surface area is 78.8 Å². The molecule has 1 atom stereocenters. The summed E-state index contributed by atoms with van der Waals surface area (Å²) in [5, 5.41) is 0. The largest absolute Gasteiger partial charge is 0.591 e. The lowest BCUT2D eigenvalue weighted by atomic mass is 10.2. The van der Waals surface area contributed by atoms with E-state index in [0.29, 0.717) is 5.92 Å². The van der Waals surface area contributed by atoms with Gasteiger partial charge in [-0.05, 0) is 33.1 Å². The summed E-state index contributed by atoms with van der Waals surface area (Å²) < 4.78 is 15.1. The number of rotatable bonds is 3. The Morgan fingerprint density at radius 1 is 1.42 bits per heavy atom. The molecular formula is C9H19NOS. The fraction of sp³-hybridized carbons (Fsp3) is 0.889. The molecule has 0 rings (SSSR count). The van der Waals surface area contributed by atoms with E-state index < -0.39 is 11.4 Å². The molecule has 0 saturated heterocycles. The van der Waals surface area contributed by atoms with E-state index in [4.69, 9.17) is 0 Å². The van der Waals surface area contributed by atoms with Gasteiger partial charge in [0.05, 0.1) is 6.21 Å².